The molecule has 1 N–H and O–H groups in total. The molecule has 1 aromatic carbocycles. The van der Waals surface area contributed by atoms with Gasteiger partial charge in [-0.3, -0.25) is 4.79 Å². The number of benzene rings is 1. The van der Waals surface area contributed by atoms with Gasteiger partial charge in [0.1, 0.15) is 0 Å². The monoisotopic (exact) mass is 374 g/mol. The van der Waals surface area contributed by atoms with Gasteiger partial charge in [0.05, 0.1) is 23.6 Å². The Morgan fingerprint density at radius 3 is 3.04 bits per heavy atom. The van der Waals surface area contributed by atoms with Gasteiger partial charge in [0.25, 0.3) is 0 Å². The molecule has 130 valence electrons. The van der Waals surface area contributed by atoms with E-state index in [0.717, 1.165) is 23.4 Å². The van der Waals surface area contributed by atoms with E-state index in [2.05, 4.69) is 26.9 Å². The summed E-state index contributed by atoms with van der Waals surface area (Å²) in [6, 6.07) is 10.2. The standard InChI is InChI=1S/C16H18N6OS2/c1-11(8-9-17)25-14-5-3-2-4-13(14)18-15(23)10-24-16-19-20-21-22(16)12-6-7-12/h2-5,11-12H,6-8,10H2,1H3,(H,18,23)/t11-/m1/s1. The first-order valence-electron chi connectivity index (χ1n) is 8.00. The van der Waals surface area contributed by atoms with Gasteiger partial charge >= 0.3 is 0 Å². The number of para-hydroxylation sites is 1. The number of aromatic nitrogens is 4. The first-order chi connectivity index (χ1) is 12.2. The average molecular weight is 374 g/mol. The molecule has 1 aromatic heterocycles. The highest BCUT2D eigenvalue weighted by molar-refractivity contribution is 8.00. The highest BCUT2D eigenvalue weighted by atomic mass is 32.2. The minimum absolute atomic E-state index is 0.101. The van der Waals surface area contributed by atoms with Crippen molar-refractivity contribution in [1.82, 2.24) is 20.2 Å². The Kier molecular flexibility index (Phi) is 5.94. The fourth-order valence-electron chi connectivity index (χ4n) is 2.20. The normalized spacial score (nSPS) is 14.7. The molecule has 1 aliphatic carbocycles. The highest BCUT2D eigenvalue weighted by Crippen LogP contribution is 2.36. The predicted molar refractivity (Wildman–Crippen MR) is 97.4 cm³/mol. The number of nitriles is 1. The zero-order chi connectivity index (χ0) is 17.6. The molecule has 1 amide bonds. The minimum Gasteiger partial charge on any atom is -0.324 e. The summed E-state index contributed by atoms with van der Waals surface area (Å²) in [5.74, 6) is 0.149. The van der Waals surface area contributed by atoms with Crippen LogP contribution in [0.15, 0.2) is 34.3 Å². The van der Waals surface area contributed by atoms with E-state index in [1.165, 1.54) is 11.8 Å². The second kappa shape index (κ2) is 8.36. The summed E-state index contributed by atoms with van der Waals surface area (Å²) in [6.45, 7) is 2.00. The number of carbonyl (C=O) groups is 1. The lowest BCUT2D eigenvalue weighted by Gasteiger charge is -2.13. The van der Waals surface area contributed by atoms with E-state index in [9.17, 15) is 4.79 Å². The minimum atomic E-state index is -0.101. The lowest BCUT2D eigenvalue weighted by atomic mass is 10.3. The van der Waals surface area contributed by atoms with Gasteiger partial charge in [-0.1, -0.05) is 30.8 Å². The van der Waals surface area contributed by atoms with Crippen LogP contribution in [0.4, 0.5) is 5.69 Å². The summed E-state index contributed by atoms with van der Waals surface area (Å²) in [5.41, 5.74) is 0.768. The van der Waals surface area contributed by atoms with E-state index in [1.807, 2.05) is 31.2 Å². The number of hydrogen-bond acceptors (Lipinski definition) is 7. The van der Waals surface area contributed by atoms with Crippen LogP contribution in [0.1, 0.15) is 32.2 Å². The molecule has 0 bridgehead atoms. The third kappa shape index (κ3) is 4.96. The highest BCUT2D eigenvalue weighted by Gasteiger charge is 2.28. The second-order valence-electron chi connectivity index (χ2n) is 5.76. The summed E-state index contributed by atoms with van der Waals surface area (Å²) >= 11 is 2.93. The Balaban J connectivity index is 1.57. The van der Waals surface area contributed by atoms with Crippen LogP contribution in [-0.2, 0) is 4.79 Å². The number of thioether (sulfide) groups is 2. The van der Waals surface area contributed by atoms with Gasteiger partial charge in [-0.15, -0.1) is 16.9 Å². The van der Waals surface area contributed by atoms with Gasteiger partial charge in [0.15, 0.2) is 0 Å². The molecule has 7 nitrogen and oxygen atoms in total. The molecule has 1 saturated carbocycles. The van der Waals surface area contributed by atoms with Gasteiger partial charge in [0.2, 0.25) is 11.1 Å². The van der Waals surface area contributed by atoms with Crippen molar-refractivity contribution in [3.8, 4) is 6.07 Å². The molecule has 0 unspecified atom stereocenters. The number of nitrogens with one attached hydrogen (secondary N) is 1. The van der Waals surface area contributed by atoms with Crippen LogP contribution in [0.3, 0.4) is 0 Å². The van der Waals surface area contributed by atoms with Gasteiger partial charge in [-0.25, -0.2) is 4.68 Å². The lowest BCUT2D eigenvalue weighted by Crippen LogP contribution is -2.15. The van der Waals surface area contributed by atoms with Crippen LogP contribution in [0, 0.1) is 11.3 Å². The molecule has 0 aliphatic heterocycles. The number of rotatable bonds is 8. The molecule has 0 radical (unpaired) electrons. The fraction of sp³-hybridized carbons (Fsp3) is 0.438. The zero-order valence-electron chi connectivity index (χ0n) is 13.8. The fourth-order valence-corrected chi connectivity index (χ4v) is 3.94. The predicted octanol–water partition coefficient (Wildman–Crippen LogP) is 3.13. The molecule has 1 aliphatic rings. The Bertz CT molecular complexity index is 783. The van der Waals surface area contributed by atoms with E-state index in [0.29, 0.717) is 17.6 Å². The average Bonchev–Trinajstić information content (AvgIpc) is 3.33. The molecular weight excluding hydrogens is 356 g/mol. The van der Waals surface area contributed by atoms with Crippen molar-refractivity contribution in [3.05, 3.63) is 24.3 Å². The molecule has 1 heterocycles. The number of amides is 1. The molecule has 1 fully saturated rings. The Morgan fingerprint density at radius 1 is 1.48 bits per heavy atom. The Labute approximate surface area is 154 Å². The van der Waals surface area contributed by atoms with E-state index in [1.54, 1.807) is 16.4 Å². The Hall–Kier alpha value is -2.05. The van der Waals surface area contributed by atoms with E-state index in [-0.39, 0.29) is 16.9 Å². The Morgan fingerprint density at radius 2 is 2.28 bits per heavy atom. The molecule has 1 atom stereocenters. The third-order valence-electron chi connectivity index (χ3n) is 3.56. The van der Waals surface area contributed by atoms with Crippen molar-refractivity contribution in [2.45, 2.75) is 47.5 Å². The quantitative estimate of drug-likeness (QED) is 0.709. The summed E-state index contributed by atoms with van der Waals surface area (Å²) in [7, 11) is 0. The van der Waals surface area contributed by atoms with Crippen molar-refractivity contribution in [2.75, 3.05) is 11.1 Å². The maximum atomic E-state index is 12.3. The largest absolute Gasteiger partial charge is 0.324 e. The summed E-state index contributed by atoms with van der Waals surface area (Å²) in [5, 5.41) is 24.2. The SMILES string of the molecule is C[C@H](CC#N)Sc1ccccc1NC(=O)CSc1nnnn1C1CC1. The maximum Gasteiger partial charge on any atom is 0.234 e. The van der Waals surface area contributed by atoms with Crippen molar-refractivity contribution in [1.29, 1.82) is 5.26 Å². The molecule has 2 aromatic rings. The second-order valence-corrected chi connectivity index (χ2v) is 8.18. The molecule has 0 saturated heterocycles. The van der Waals surface area contributed by atoms with Crippen LogP contribution < -0.4 is 5.32 Å². The summed E-state index contributed by atoms with van der Waals surface area (Å²) in [6.07, 6.45) is 2.65. The van der Waals surface area contributed by atoms with Crippen LogP contribution in [0.5, 0.6) is 0 Å². The van der Waals surface area contributed by atoms with Crippen LogP contribution in [0.2, 0.25) is 0 Å². The smallest absolute Gasteiger partial charge is 0.234 e. The van der Waals surface area contributed by atoms with Crippen molar-refractivity contribution < 1.29 is 4.79 Å². The van der Waals surface area contributed by atoms with Crippen LogP contribution >= 0.6 is 23.5 Å². The first-order valence-corrected chi connectivity index (χ1v) is 9.87. The number of carbonyl (C=O) groups excluding carboxylic acids is 1. The van der Waals surface area contributed by atoms with E-state index < -0.39 is 0 Å². The molecule has 3 rings (SSSR count). The van der Waals surface area contributed by atoms with Crippen LogP contribution in [0.25, 0.3) is 0 Å². The van der Waals surface area contributed by atoms with E-state index >= 15 is 0 Å². The maximum absolute atomic E-state index is 12.3. The number of anilines is 1. The zero-order valence-corrected chi connectivity index (χ0v) is 15.4. The summed E-state index contributed by atoms with van der Waals surface area (Å²) < 4.78 is 1.80. The van der Waals surface area contributed by atoms with Gasteiger partial charge < -0.3 is 5.32 Å². The molecular formula is C16H18N6OS2. The van der Waals surface area contributed by atoms with Crippen molar-refractivity contribution in [3.63, 3.8) is 0 Å². The number of tetrazole rings is 1. The van der Waals surface area contributed by atoms with Crippen molar-refractivity contribution >= 4 is 35.1 Å². The number of hydrogen-bond donors (Lipinski definition) is 1. The summed E-state index contributed by atoms with van der Waals surface area (Å²) in [4.78, 5) is 13.3. The van der Waals surface area contributed by atoms with E-state index in [4.69, 9.17) is 5.26 Å². The topological polar surface area (TPSA) is 96.5 Å². The van der Waals surface area contributed by atoms with Gasteiger partial charge in [0, 0.05) is 16.6 Å². The molecule has 0 spiro atoms. The lowest BCUT2D eigenvalue weighted by molar-refractivity contribution is -0.113. The van der Waals surface area contributed by atoms with Crippen LogP contribution in [-0.4, -0.2) is 37.1 Å². The van der Waals surface area contributed by atoms with Gasteiger partial charge in [-0.2, -0.15) is 5.26 Å². The number of nitrogens with zero attached hydrogens (tertiary/aromatic N) is 5. The third-order valence-corrected chi connectivity index (χ3v) is 5.67. The van der Waals surface area contributed by atoms with Crippen molar-refractivity contribution in [2.24, 2.45) is 0 Å². The molecule has 25 heavy (non-hydrogen) atoms. The first kappa shape index (κ1) is 17.8. The van der Waals surface area contributed by atoms with Gasteiger partial charge in [-0.05, 0) is 35.4 Å². The molecule has 9 heteroatoms.